The quantitative estimate of drug-likeness (QED) is 0.801. The summed E-state index contributed by atoms with van der Waals surface area (Å²) in [6.45, 7) is 4.60. The van der Waals surface area contributed by atoms with Crippen molar-refractivity contribution in [3.05, 3.63) is 53.1 Å². The van der Waals surface area contributed by atoms with Gasteiger partial charge in [0.25, 0.3) is 0 Å². The molecule has 25 heavy (non-hydrogen) atoms. The van der Waals surface area contributed by atoms with Gasteiger partial charge < -0.3 is 14.1 Å². The molecular weight excluding hydrogens is 315 g/mol. The summed E-state index contributed by atoms with van der Waals surface area (Å²) < 4.78 is 16.9. The van der Waals surface area contributed by atoms with Crippen molar-refractivity contribution in [1.82, 2.24) is 4.90 Å². The van der Waals surface area contributed by atoms with Gasteiger partial charge in [0.05, 0.1) is 31.5 Å². The first-order valence-corrected chi connectivity index (χ1v) is 8.40. The summed E-state index contributed by atoms with van der Waals surface area (Å²) in [7, 11) is 1.77. The Morgan fingerprint density at radius 3 is 2.88 bits per heavy atom. The molecule has 1 fully saturated rings. The number of morpholine rings is 1. The van der Waals surface area contributed by atoms with Gasteiger partial charge in [0.2, 0.25) is 0 Å². The Kier molecular flexibility index (Phi) is 4.71. The first-order valence-electron chi connectivity index (χ1n) is 8.40. The molecular formula is C19H18BN2O3. The minimum absolute atomic E-state index is 0.584. The predicted octanol–water partition coefficient (Wildman–Crippen LogP) is 1.96. The lowest BCUT2D eigenvalue weighted by atomic mass is 9.87. The number of rotatable bonds is 4. The fourth-order valence-electron chi connectivity index (χ4n) is 3.11. The topological polar surface area (TPSA) is 54.7 Å². The summed E-state index contributed by atoms with van der Waals surface area (Å²) in [6.07, 6.45) is 0. The minimum Gasteiger partial charge on any atom is -0.457 e. The Morgan fingerprint density at radius 1 is 1.16 bits per heavy atom. The summed E-state index contributed by atoms with van der Waals surface area (Å²) >= 11 is 0. The zero-order valence-corrected chi connectivity index (χ0v) is 13.9. The Labute approximate surface area is 148 Å². The third-order valence-electron chi connectivity index (χ3n) is 4.48. The zero-order chi connectivity index (χ0) is 17.1. The van der Waals surface area contributed by atoms with Crippen LogP contribution in [-0.4, -0.2) is 38.7 Å². The van der Waals surface area contributed by atoms with Crippen molar-refractivity contribution in [1.29, 1.82) is 5.26 Å². The molecule has 6 heteroatoms. The van der Waals surface area contributed by atoms with Crippen LogP contribution in [0.15, 0.2) is 36.4 Å². The maximum atomic E-state index is 9.21. The second kappa shape index (κ2) is 7.28. The van der Waals surface area contributed by atoms with Gasteiger partial charge in [-0.2, -0.15) is 5.26 Å². The van der Waals surface area contributed by atoms with Crippen LogP contribution >= 0.6 is 0 Å². The standard InChI is InChI=1S/C19H18BN2O3/c21-11-14-1-4-19(15(9-14)12-22-5-7-23-8-6-22)25-17-2-3-18-16(10-17)13-24-20-18/h1-4,9-10H,5-8,12-13H2. The molecule has 0 aliphatic carbocycles. The zero-order valence-electron chi connectivity index (χ0n) is 13.9. The van der Waals surface area contributed by atoms with Gasteiger partial charge in [-0.3, -0.25) is 4.90 Å². The molecule has 0 spiro atoms. The van der Waals surface area contributed by atoms with Crippen LogP contribution in [0.3, 0.4) is 0 Å². The summed E-state index contributed by atoms with van der Waals surface area (Å²) in [5.41, 5.74) is 3.89. The molecule has 5 nitrogen and oxygen atoms in total. The molecule has 0 amide bonds. The van der Waals surface area contributed by atoms with Gasteiger partial charge in [-0.05, 0) is 41.4 Å². The Bertz CT molecular complexity index is 813. The monoisotopic (exact) mass is 333 g/mol. The molecule has 2 aromatic carbocycles. The van der Waals surface area contributed by atoms with Crippen LogP contribution in [0.2, 0.25) is 0 Å². The van der Waals surface area contributed by atoms with E-state index in [-0.39, 0.29) is 0 Å². The van der Waals surface area contributed by atoms with E-state index >= 15 is 0 Å². The number of fused-ring (bicyclic) bond motifs is 1. The van der Waals surface area contributed by atoms with E-state index in [1.165, 1.54) is 0 Å². The van der Waals surface area contributed by atoms with E-state index in [0.717, 1.165) is 60.9 Å². The first-order chi connectivity index (χ1) is 12.3. The van der Waals surface area contributed by atoms with Crippen molar-refractivity contribution in [3.63, 3.8) is 0 Å². The lowest BCUT2D eigenvalue weighted by molar-refractivity contribution is 0.0339. The van der Waals surface area contributed by atoms with Crippen LogP contribution in [0.1, 0.15) is 16.7 Å². The number of benzene rings is 2. The molecule has 0 saturated carbocycles. The van der Waals surface area contributed by atoms with Crippen LogP contribution in [0.4, 0.5) is 0 Å². The van der Waals surface area contributed by atoms with Crippen LogP contribution in [0, 0.1) is 11.3 Å². The van der Waals surface area contributed by atoms with E-state index in [2.05, 4.69) is 11.0 Å². The van der Waals surface area contributed by atoms with Crippen LogP contribution in [0.25, 0.3) is 0 Å². The van der Waals surface area contributed by atoms with Gasteiger partial charge in [0.1, 0.15) is 11.5 Å². The van der Waals surface area contributed by atoms with E-state index in [1.807, 2.05) is 30.3 Å². The van der Waals surface area contributed by atoms with Crippen molar-refractivity contribution in [3.8, 4) is 17.6 Å². The van der Waals surface area contributed by atoms with Gasteiger partial charge >= 0.3 is 7.48 Å². The third kappa shape index (κ3) is 3.69. The van der Waals surface area contributed by atoms with E-state index in [1.54, 1.807) is 13.5 Å². The summed E-state index contributed by atoms with van der Waals surface area (Å²) in [5, 5.41) is 9.21. The van der Waals surface area contributed by atoms with Gasteiger partial charge in [0.15, 0.2) is 0 Å². The van der Waals surface area contributed by atoms with E-state index in [0.29, 0.717) is 12.2 Å². The third-order valence-corrected chi connectivity index (χ3v) is 4.48. The largest absolute Gasteiger partial charge is 0.457 e. The van der Waals surface area contributed by atoms with E-state index in [9.17, 15) is 5.26 Å². The van der Waals surface area contributed by atoms with Crippen molar-refractivity contribution in [2.24, 2.45) is 0 Å². The molecule has 125 valence electrons. The van der Waals surface area contributed by atoms with E-state index in [4.69, 9.17) is 14.1 Å². The highest BCUT2D eigenvalue weighted by atomic mass is 16.5. The molecule has 2 aliphatic rings. The van der Waals surface area contributed by atoms with Crippen molar-refractivity contribution in [2.45, 2.75) is 13.2 Å². The molecule has 2 heterocycles. The van der Waals surface area contributed by atoms with Crippen LogP contribution in [0.5, 0.6) is 11.5 Å². The average molecular weight is 333 g/mol. The molecule has 2 aromatic rings. The molecule has 0 unspecified atom stereocenters. The van der Waals surface area contributed by atoms with Crippen molar-refractivity contribution in [2.75, 3.05) is 26.3 Å². The fraction of sp³-hybridized carbons (Fsp3) is 0.316. The summed E-state index contributed by atoms with van der Waals surface area (Å²) in [6, 6.07) is 13.8. The smallest absolute Gasteiger partial charge is 0.330 e. The second-order valence-electron chi connectivity index (χ2n) is 6.21. The second-order valence-corrected chi connectivity index (χ2v) is 6.21. The lowest BCUT2D eigenvalue weighted by Gasteiger charge is -2.27. The predicted molar refractivity (Wildman–Crippen MR) is 93.9 cm³/mol. The normalized spacial score (nSPS) is 16.8. The van der Waals surface area contributed by atoms with Gasteiger partial charge in [-0.25, -0.2) is 0 Å². The number of nitrogens with zero attached hydrogens (tertiary/aromatic N) is 2. The van der Waals surface area contributed by atoms with Crippen molar-refractivity contribution < 1.29 is 14.1 Å². The summed E-state index contributed by atoms with van der Waals surface area (Å²) in [5.74, 6) is 1.57. The molecule has 1 saturated heterocycles. The van der Waals surface area contributed by atoms with Crippen molar-refractivity contribution >= 4 is 12.9 Å². The highest BCUT2D eigenvalue weighted by molar-refractivity contribution is 6.48. The molecule has 0 atom stereocenters. The fourth-order valence-corrected chi connectivity index (χ4v) is 3.11. The maximum absolute atomic E-state index is 9.21. The van der Waals surface area contributed by atoms with Gasteiger partial charge in [-0.15, -0.1) is 0 Å². The summed E-state index contributed by atoms with van der Waals surface area (Å²) in [4.78, 5) is 2.32. The lowest BCUT2D eigenvalue weighted by Crippen LogP contribution is -2.35. The minimum atomic E-state index is 0.584. The van der Waals surface area contributed by atoms with Crippen LogP contribution in [-0.2, 0) is 22.5 Å². The molecule has 1 radical (unpaired) electrons. The Morgan fingerprint density at radius 2 is 2.04 bits per heavy atom. The number of nitriles is 1. The van der Waals surface area contributed by atoms with Crippen LogP contribution < -0.4 is 10.2 Å². The molecule has 0 aromatic heterocycles. The number of ether oxygens (including phenoxy) is 2. The number of hydrogen-bond donors (Lipinski definition) is 0. The molecule has 0 N–H and O–H groups in total. The molecule has 2 aliphatic heterocycles. The van der Waals surface area contributed by atoms with Gasteiger partial charge in [-0.1, -0.05) is 6.07 Å². The average Bonchev–Trinajstić information content (AvgIpc) is 3.12. The Balaban J connectivity index is 1.58. The highest BCUT2D eigenvalue weighted by Crippen LogP contribution is 2.28. The SMILES string of the molecule is N#Cc1ccc(Oc2ccc3c(c2)CO[B]3)c(CN2CCOCC2)c1. The molecule has 4 rings (SSSR count). The number of hydrogen-bond acceptors (Lipinski definition) is 5. The highest BCUT2D eigenvalue weighted by Gasteiger charge is 2.17. The van der Waals surface area contributed by atoms with E-state index < -0.39 is 0 Å². The first kappa shape index (κ1) is 16.2. The molecule has 0 bridgehead atoms. The maximum Gasteiger partial charge on any atom is 0.330 e. The Hall–Kier alpha value is -2.33. The van der Waals surface area contributed by atoms with Gasteiger partial charge in [0, 0.05) is 25.2 Å².